The molecule has 0 spiro atoms. The minimum absolute atomic E-state index is 0.102. The van der Waals surface area contributed by atoms with Crippen molar-refractivity contribution >= 4 is 22.9 Å². The van der Waals surface area contributed by atoms with Gasteiger partial charge in [0.1, 0.15) is 5.82 Å². The Balaban J connectivity index is 0.000000429. The summed E-state index contributed by atoms with van der Waals surface area (Å²) in [4.78, 5) is 32.0. The van der Waals surface area contributed by atoms with Crippen molar-refractivity contribution in [3.8, 4) is 0 Å². The van der Waals surface area contributed by atoms with E-state index in [2.05, 4.69) is 59.5 Å². The molecule has 1 aromatic heterocycles. The number of hydrogen-bond acceptors (Lipinski definition) is 4. The first-order chi connectivity index (χ1) is 16.6. The largest absolute Gasteiger partial charge is 0.490 e. The number of piperazine rings is 1. The number of carboxylic acids is 1. The van der Waals surface area contributed by atoms with Crippen molar-refractivity contribution in [2.24, 2.45) is 0 Å². The number of nitrogens with zero attached hydrogens (tertiary/aromatic N) is 2. The predicted molar refractivity (Wildman–Crippen MR) is 126 cm³/mol. The van der Waals surface area contributed by atoms with Crippen molar-refractivity contribution < 1.29 is 27.9 Å². The van der Waals surface area contributed by atoms with E-state index in [1.165, 1.54) is 11.1 Å². The van der Waals surface area contributed by atoms with Gasteiger partial charge in [-0.2, -0.15) is 13.2 Å². The minimum Gasteiger partial charge on any atom is -0.475 e. The highest BCUT2D eigenvalue weighted by atomic mass is 19.4. The summed E-state index contributed by atoms with van der Waals surface area (Å²) in [7, 11) is 0. The molecule has 0 saturated carbocycles. The molecule has 3 N–H and O–H groups in total. The van der Waals surface area contributed by atoms with Crippen LogP contribution < -0.4 is 5.32 Å². The molecule has 1 aliphatic rings. The van der Waals surface area contributed by atoms with Crippen LogP contribution in [-0.2, 0) is 22.4 Å². The molecule has 1 unspecified atom stereocenters. The highest BCUT2D eigenvalue weighted by molar-refractivity contribution is 5.79. The Morgan fingerprint density at radius 1 is 1.17 bits per heavy atom. The monoisotopic (exact) mass is 490 g/mol. The van der Waals surface area contributed by atoms with E-state index in [0.717, 1.165) is 48.5 Å². The first-order valence-corrected chi connectivity index (χ1v) is 11.4. The maximum absolute atomic E-state index is 13.0. The summed E-state index contributed by atoms with van der Waals surface area (Å²) in [6, 6.07) is 14.9. The highest BCUT2D eigenvalue weighted by Crippen LogP contribution is 2.24. The Bertz CT molecular complexity index is 1160. The molecule has 188 valence electrons. The number of imidazole rings is 1. The second-order valence-corrected chi connectivity index (χ2v) is 8.36. The van der Waals surface area contributed by atoms with Crippen molar-refractivity contribution in [1.29, 1.82) is 0 Å². The van der Waals surface area contributed by atoms with Gasteiger partial charge in [0, 0.05) is 32.5 Å². The lowest BCUT2D eigenvalue weighted by Crippen LogP contribution is -2.48. The van der Waals surface area contributed by atoms with Gasteiger partial charge in [0.25, 0.3) is 0 Å². The number of carboxylic acid groups (broad SMARTS) is 1. The van der Waals surface area contributed by atoms with E-state index < -0.39 is 12.1 Å². The van der Waals surface area contributed by atoms with E-state index in [4.69, 9.17) is 9.90 Å². The number of rotatable bonds is 5. The van der Waals surface area contributed by atoms with Crippen molar-refractivity contribution in [3.63, 3.8) is 0 Å². The first kappa shape index (κ1) is 26.2. The topological polar surface area (TPSA) is 98.3 Å². The number of aryl methyl sites for hydroxylation is 3. The highest BCUT2D eigenvalue weighted by Gasteiger charge is 2.38. The summed E-state index contributed by atoms with van der Waals surface area (Å²) >= 11 is 0. The molecule has 1 saturated heterocycles. The fraction of sp³-hybridized carbons (Fsp3) is 0.400. The third-order valence-corrected chi connectivity index (χ3v) is 5.92. The van der Waals surface area contributed by atoms with Crippen LogP contribution in [0.1, 0.15) is 41.9 Å². The normalized spacial score (nSPS) is 16.0. The molecule has 2 aromatic carbocycles. The molecule has 4 rings (SSSR count). The lowest BCUT2D eigenvalue weighted by Gasteiger charge is -2.36. The number of aromatic nitrogens is 2. The molecule has 1 aliphatic heterocycles. The Kier molecular flexibility index (Phi) is 8.50. The standard InChI is InChI=1S/C23H28N4O.C2HF3O2/c1-3-17-7-9-18(10-8-17)20-15-24-13-14-27(20)22(28)12-11-21-25-19-6-4-5-16(2)23(19)26-21;3-2(4,5)1(6)7/h4-10,20,24H,3,11-15H2,1-2H3,(H,25,26);(H,6,7). The zero-order chi connectivity index (χ0) is 25.6. The fourth-order valence-corrected chi connectivity index (χ4v) is 3.99. The quantitative estimate of drug-likeness (QED) is 0.499. The summed E-state index contributed by atoms with van der Waals surface area (Å²) in [6.45, 7) is 6.62. The third-order valence-electron chi connectivity index (χ3n) is 5.92. The third kappa shape index (κ3) is 6.82. The lowest BCUT2D eigenvalue weighted by molar-refractivity contribution is -0.192. The van der Waals surface area contributed by atoms with Gasteiger partial charge in [0.05, 0.1) is 17.1 Å². The van der Waals surface area contributed by atoms with E-state index in [0.29, 0.717) is 12.8 Å². The number of carbonyl (C=O) groups is 2. The SMILES string of the molecule is CCc1ccc(C2CNCCN2C(=O)CCc2nc3c(C)cccc3[nH]2)cc1.O=C(O)C(F)(F)F. The molecule has 2 heterocycles. The van der Waals surface area contributed by atoms with Gasteiger partial charge in [-0.3, -0.25) is 4.79 Å². The van der Waals surface area contributed by atoms with Crippen molar-refractivity contribution in [3.05, 3.63) is 65.0 Å². The van der Waals surface area contributed by atoms with Crippen LogP contribution in [0.25, 0.3) is 11.0 Å². The van der Waals surface area contributed by atoms with Crippen molar-refractivity contribution in [1.82, 2.24) is 20.2 Å². The smallest absolute Gasteiger partial charge is 0.475 e. The van der Waals surface area contributed by atoms with Gasteiger partial charge in [0.15, 0.2) is 0 Å². The number of fused-ring (bicyclic) bond motifs is 1. The fourth-order valence-electron chi connectivity index (χ4n) is 3.99. The molecule has 7 nitrogen and oxygen atoms in total. The van der Waals surface area contributed by atoms with Crippen LogP contribution in [0.15, 0.2) is 42.5 Å². The maximum atomic E-state index is 13.0. The predicted octanol–water partition coefficient (Wildman–Crippen LogP) is 4.17. The average molecular weight is 491 g/mol. The zero-order valence-corrected chi connectivity index (χ0v) is 19.7. The molecule has 1 amide bonds. The van der Waals surface area contributed by atoms with Crippen LogP contribution in [0.4, 0.5) is 13.2 Å². The maximum Gasteiger partial charge on any atom is 0.490 e. The zero-order valence-electron chi connectivity index (χ0n) is 19.7. The Morgan fingerprint density at radius 3 is 2.46 bits per heavy atom. The summed E-state index contributed by atoms with van der Waals surface area (Å²) in [5, 5.41) is 10.6. The van der Waals surface area contributed by atoms with E-state index in [1.807, 2.05) is 17.0 Å². The van der Waals surface area contributed by atoms with Gasteiger partial charge < -0.3 is 20.3 Å². The Labute approximate surface area is 201 Å². The number of benzene rings is 2. The molecule has 1 fully saturated rings. The Morgan fingerprint density at radius 2 is 1.86 bits per heavy atom. The number of aliphatic carboxylic acids is 1. The molecule has 1 atom stereocenters. The molecular formula is C25H29F3N4O3. The second-order valence-electron chi connectivity index (χ2n) is 8.36. The van der Waals surface area contributed by atoms with Crippen molar-refractivity contribution in [2.75, 3.05) is 19.6 Å². The number of H-pyrrole nitrogens is 1. The summed E-state index contributed by atoms with van der Waals surface area (Å²) in [5.41, 5.74) is 5.73. The lowest BCUT2D eigenvalue weighted by atomic mass is 10.0. The number of amides is 1. The van der Waals surface area contributed by atoms with E-state index in [1.54, 1.807) is 0 Å². The van der Waals surface area contributed by atoms with Crippen molar-refractivity contribution in [2.45, 2.75) is 45.3 Å². The van der Waals surface area contributed by atoms with Crippen LogP contribution in [0.5, 0.6) is 0 Å². The minimum atomic E-state index is -5.08. The van der Waals surface area contributed by atoms with Gasteiger partial charge in [-0.25, -0.2) is 9.78 Å². The van der Waals surface area contributed by atoms with Gasteiger partial charge >= 0.3 is 12.1 Å². The number of para-hydroxylation sites is 1. The van der Waals surface area contributed by atoms with Crippen LogP contribution in [0, 0.1) is 6.92 Å². The van der Waals surface area contributed by atoms with Crippen LogP contribution in [0.2, 0.25) is 0 Å². The number of carbonyl (C=O) groups excluding carboxylic acids is 1. The van der Waals surface area contributed by atoms with E-state index >= 15 is 0 Å². The number of aromatic amines is 1. The van der Waals surface area contributed by atoms with Gasteiger partial charge in [-0.15, -0.1) is 0 Å². The first-order valence-electron chi connectivity index (χ1n) is 11.4. The molecule has 0 bridgehead atoms. The number of alkyl halides is 3. The van der Waals surface area contributed by atoms with E-state index in [-0.39, 0.29) is 11.9 Å². The number of halogens is 3. The summed E-state index contributed by atoms with van der Waals surface area (Å²) in [5.74, 6) is -1.67. The molecule has 3 aromatic rings. The number of nitrogens with one attached hydrogen (secondary N) is 2. The van der Waals surface area contributed by atoms with Gasteiger partial charge in [0.2, 0.25) is 5.91 Å². The van der Waals surface area contributed by atoms with Crippen LogP contribution in [-0.4, -0.2) is 57.7 Å². The molecule has 10 heteroatoms. The molecular weight excluding hydrogens is 461 g/mol. The summed E-state index contributed by atoms with van der Waals surface area (Å²) < 4.78 is 31.7. The van der Waals surface area contributed by atoms with E-state index in [9.17, 15) is 18.0 Å². The van der Waals surface area contributed by atoms with Gasteiger partial charge in [-0.1, -0.05) is 43.3 Å². The molecule has 0 aliphatic carbocycles. The molecule has 35 heavy (non-hydrogen) atoms. The van der Waals surface area contributed by atoms with Gasteiger partial charge in [-0.05, 0) is 36.1 Å². The number of hydrogen-bond donors (Lipinski definition) is 3. The Hall–Kier alpha value is -3.40. The molecule has 0 radical (unpaired) electrons. The van der Waals surface area contributed by atoms with Crippen LogP contribution in [0.3, 0.4) is 0 Å². The average Bonchev–Trinajstić information content (AvgIpc) is 3.27. The summed E-state index contributed by atoms with van der Waals surface area (Å²) in [6.07, 6.45) is -2.94. The van der Waals surface area contributed by atoms with Crippen LogP contribution >= 0.6 is 0 Å². The second kappa shape index (κ2) is 11.4.